The molecular formula is C15H24N4O2. The van der Waals surface area contributed by atoms with Gasteiger partial charge in [-0.25, -0.2) is 9.78 Å². The lowest BCUT2D eigenvalue weighted by Gasteiger charge is -2.36. The predicted molar refractivity (Wildman–Crippen MR) is 78.8 cm³/mol. The number of hydrogen-bond acceptors (Lipinski definition) is 3. The van der Waals surface area contributed by atoms with E-state index in [4.69, 9.17) is 4.74 Å². The molecule has 116 valence electrons. The standard InChI is InChI=1S/C15H24N4O2/c1-11-14-16-8-13(10-21-9-12-4-5-12)19(14)7-6-18(11)15(20)17(2)3/h8,11-12H,4-7,9-10H2,1-3H3/t11-/m0/s1. The Morgan fingerprint density at radius 2 is 2.19 bits per heavy atom. The van der Waals surface area contributed by atoms with Crippen molar-refractivity contribution < 1.29 is 9.53 Å². The molecule has 0 unspecified atom stereocenters. The molecule has 0 bridgehead atoms. The second-order valence-corrected chi connectivity index (χ2v) is 6.26. The number of aromatic nitrogens is 2. The van der Waals surface area contributed by atoms with Gasteiger partial charge < -0.3 is 19.1 Å². The third-order valence-electron chi connectivity index (χ3n) is 4.30. The number of amides is 2. The lowest BCUT2D eigenvalue weighted by atomic mass is 10.2. The Labute approximate surface area is 125 Å². The number of carbonyl (C=O) groups excluding carboxylic acids is 1. The summed E-state index contributed by atoms with van der Waals surface area (Å²) < 4.78 is 7.97. The molecule has 3 rings (SSSR count). The van der Waals surface area contributed by atoms with Gasteiger partial charge in [-0.1, -0.05) is 0 Å². The fraction of sp³-hybridized carbons (Fsp3) is 0.733. The minimum absolute atomic E-state index is 0.00540. The van der Waals surface area contributed by atoms with Gasteiger partial charge in [-0.15, -0.1) is 0 Å². The summed E-state index contributed by atoms with van der Waals surface area (Å²) in [4.78, 5) is 20.2. The lowest BCUT2D eigenvalue weighted by Crippen LogP contribution is -2.46. The van der Waals surface area contributed by atoms with E-state index in [1.54, 1.807) is 19.0 Å². The molecule has 0 spiro atoms. The van der Waals surface area contributed by atoms with Gasteiger partial charge in [-0.3, -0.25) is 0 Å². The van der Waals surface area contributed by atoms with Crippen molar-refractivity contribution in [1.82, 2.24) is 19.4 Å². The van der Waals surface area contributed by atoms with Gasteiger partial charge in [0.05, 0.1) is 24.5 Å². The van der Waals surface area contributed by atoms with Gasteiger partial charge in [0, 0.05) is 33.8 Å². The van der Waals surface area contributed by atoms with E-state index < -0.39 is 0 Å². The van der Waals surface area contributed by atoms with E-state index in [0.29, 0.717) is 6.61 Å². The molecule has 21 heavy (non-hydrogen) atoms. The molecule has 6 nitrogen and oxygen atoms in total. The summed E-state index contributed by atoms with van der Waals surface area (Å²) in [7, 11) is 3.57. The van der Waals surface area contributed by atoms with Crippen LogP contribution in [0.3, 0.4) is 0 Å². The molecule has 0 saturated heterocycles. The Balaban J connectivity index is 1.67. The normalized spacial score (nSPS) is 21.3. The highest BCUT2D eigenvalue weighted by Gasteiger charge is 2.31. The van der Waals surface area contributed by atoms with Gasteiger partial charge in [0.2, 0.25) is 0 Å². The van der Waals surface area contributed by atoms with Crippen LogP contribution in [0.5, 0.6) is 0 Å². The minimum atomic E-state index is 0.00540. The highest BCUT2D eigenvalue weighted by Crippen LogP contribution is 2.30. The van der Waals surface area contributed by atoms with Gasteiger partial charge in [0.1, 0.15) is 5.82 Å². The van der Waals surface area contributed by atoms with E-state index in [-0.39, 0.29) is 12.1 Å². The first-order valence-corrected chi connectivity index (χ1v) is 7.68. The van der Waals surface area contributed by atoms with Crippen LogP contribution in [0.1, 0.15) is 37.3 Å². The first-order valence-electron chi connectivity index (χ1n) is 7.68. The van der Waals surface area contributed by atoms with E-state index in [0.717, 1.165) is 37.1 Å². The smallest absolute Gasteiger partial charge is 0.320 e. The van der Waals surface area contributed by atoms with E-state index in [1.165, 1.54) is 12.8 Å². The van der Waals surface area contributed by atoms with Gasteiger partial charge in [0.25, 0.3) is 0 Å². The Kier molecular flexibility index (Phi) is 3.89. The Bertz CT molecular complexity index is 522. The van der Waals surface area contributed by atoms with Crippen molar-refractivity contribution in [2.24, 2.45) is 5.92 Å². The highest BCUT2D eigenvalue weighted by atomic mass is 16.5. The molecule has 1 saturated carbocycles. The molecule has 0 N–H and O–H groups in total. The van der Waals surface area contributed by atoms with Crippen LogP contribution >= 0.6 is 0 Å². The lowest BCUT2D eigenvalue weighted by molar-refractivity contribution is 0.102. The van der Waals surface area contributed by atoms with Crippen LogP contribution in [0.4, 0.5) is 4.79 Å². The Hall–Kier alpha value is -1.56. The molecule has 2 amide bonds. The number of nitrogens with zero attached hydrogens (tertiary/aromatic N) is 4. The van der Waals surface area contributed by atoms with E-state index >= 15 is 0 Å². The maximum Gasteiger partial charge on any atom is 0.320 e. The zero-order valence-electron chi connectivity index (χ0n) is 13.1. The van der Waals surface area contributed by atoms with Gasteiger partial charge in [0.15, 0.2) is 0 Å². The molecule has 1 fully saturated rings. The summed E-state index contributed by atoms with van der Waals surface area (Å²) in [6, 6.07) is 0.0501. The number of hydrogen-bond donors (Lipinski definition) is 0. The van der Waals surface area contributed by atoms with Crippen molar-refractivity contribution in [2.45, 2.75) is 39.0 Å². The number of carbonyl (C=O) groups is 1. The first-order chi connectivity index (χ1) is 10.1. The first kappa shape index (κ1) is 14.4. The largest absolute Gasteiger partial charge is 0.375 e. The van der Waals surface area contributed by atoms with Crippen LogP contribution in [0.15, 0.2) is 6.20 Å². The van der Waals surface area contributed by atoms with Crippen molar-refractivity contribution in [3.05, 3.63) is 17.7 Å². The number of fused-ring (bicyclic) bond motifs is 1. The monoisotopic (exact) mass is 292 g/mol. The summed E-state index contributed by atoms with van der Waals surface area (Å²) in [6.07, 6.45) is 4.51. The quantitative estimate of drug-likeness (QED) is 0.851. The third-order valence-corrected chi connectivity index (χ3v) is 4.30. The molecule has 6 heteroatoms. The molecule has 2 heterocycles. The maximum absolute atomic E-state index is 12.2. The fourth-order valence-electron chi connectivity index (χ4n) is 2.81. The molecule has 1 aromatic rings. The second-order valence-electron chi connectivity index (χ2n) is 6.26. The number of ether oxygens (including phenoxy) is 1. The van der Waals surface area contributed by atoms with E-state index in [9.17, 15) is 4.79 Å². The fourth-order valence-corrected chi connectivity index (χ4v) is 2.81. The average Bonchev–Trinajstić information content (AvgIpc) is 3.18. The van der Waals surface area contributed by atoms with Gasteiger partial charge in [-0.05, 0) is 25.7 Å². The van der Waals surface area contributed by atoms with Crippen LogP contribution in [-0.4, -0.2) is 52.6 Å². The predicted octanol–water partition coefficient (Wildman–Crippen LogP) is 1.87. The van der Waals surface area contributed by atoms with Crippen LogP contribution in [0.25, 0.3) is 0 Å². The molecule has 1 aliphatic carbocycles. The van der Waals surface area contributed by atoms with Crippen LogP contribution in [-0.2, 0) is 17.9 Å². The van der Waals surface area contributed by atoms with E-state index in [1.807, 2.05) is 18.0 Å². The van der Waals surface area contributed by atoms with Crippen molar-refractivity contribution in [3.63, 3.8) is 0 Å². The zero-order valence-corrected chi connectivity index (χ0v) is 13.1. The Morgan fingerprint density at radius 3 is 2.86 bits per heavy atom. The number of imidazole rings is 1. The molecular weight excluding hydrogens is 268 g/mol. The van der Waals surface area contributed by atoms with Crippen molar-refractivity contribution >= 4 is 6.03 Å². The van der Waals surface area contributed by atoms with Crippen molar-refractivity contribution in [1.29, 1.82) is 0 Å². The highest BCUT2D eigenvalue weighted by molar-refractivity contribution is 5.74. The molecule has 1 aromatic heterocycles. The van der Waals surface area contributed by atoms with Crippen LogP contribution in [0.2, 0.25) is 0 Å². The molecule has 1 aliphatic heterocycles. The zero-order chi connectivity index (χ0) is 15.0. The SMILES string of the molecule is C[C@H]1c2ncc(COCC3CC3)n2CCN1C(=O)N(C)C. The van der Waals surface area contributed by atoms with Crippen LogP contribution < -0.4 is 0 Å². The van der Waals surface area contributed by atoms with Gasteiger partial charge in [-0.2, -0.15) is 0 Å². The summed E-state index contributed by atoms with van der Waals surface area (Å²) in [6.45, 7) is 5.03. The second kappa shape index (κ2) is 5.67. The van der Waals surface area contributed by atoms with E-state index in [2.05, 4.69) is 9.55 Å². The number of urea groups is 1. The van der Waals surface area contributed by atoms with Gasteiger partial charge >= 0.3 is 6.03 Å². The van der Waals surface area contributed by atoms with Crippen molar-refractivity contribution in [2.75, 3.05) is 27.2 Å². The minimum Gasteiger partial charge on any atom is -0.375 e. The van der Waals surface area contributed by atoms with Crippen LogP contribution in [0, 0.1) is 5.92 Å². The Morgan fingerprint density at radius 1 is 1.43 bits per heavy atom. The average molecular weight is 292 g/mol. The topological polar surface area (TPSA) is 50.6 Å². The maximum atomic E-state index is 12.2. The molecule has 1 atom stereocenters. The molecule has 0 aromatic carbocycles. The molecule has 2 aliphatic rings. The summed E-state index contributed by atoms with van der Waals surface area (Å²) >= 11 is 0. The summed E-state index contributed by atoms with van der Waals surface area (Å²) in [5, 5.41) is 0. The molecule has 0 radical (unpaired) electrons. The summed E-state index contributed by atoms with van der Waals surface area (Å²) in [5.74, 6) is 1.74. The third kappa shape index (κ3) is 2.90. The number of rotatable bonds is 4. The summed E-state index contributed by atoms with van der Waals surface area (Å²) in [5.41, 5.74) is 1.12. The van der Waals surface area contributed by atoms with Crippen molar-refractivity contribution in [3.8, 4) is 0 Å².